The van der Waals surface area contributed by atoms with Gasteiger partial charge in [0.1, 0.15) is 5.75 Å². The van der Waals surface area contributed by atoms with Gasteiger partial charge in [-0.1, -0.05) is 17.7 Å². The topological polar surface area (TPSA) is 33.3 Å². The van der Waals surface area contributed by atoms with Crippen molar-refractivity contribution >= 4 is 24.8 Å². The molecule has 1 heterocycles. The molecule has 2 N–H and O–H groups in total. The molecule has 0 saturated carbocycles. The number of aryl methyl sites for hydroxylation is 1. The van der Waals surface area contributed by atoms with Crippen LogP contribution in [0.25, 0.3) is 0 Å². The predicted molar refractivity (Wildman–Crippen MR) is 80.4 cm³/mol. The number of benzene rings is 1. The van der Waals surface area contributed by atoms with Crippen LogP contribution in [0, 0.1) is 6.92 Å². The number of nitrogens with one attached hydrogen (secondary N) is 2. The number of ether oxygens (including phenoxy) is 1. The van der Waals surface area contributed by atoms with Crippen LogP contribution in [0.3, 0.4) is 0 Å². The molecule has 104 valence electrons. The Bertz CT molecular complexity index is 313. The van der Waals surface area contributed by atoms with Gasteiger partial charge in [0.05, 0.1) is 6.61 Å². The Balaban J connectivity index is 0.00000144. The van der Waals surface area contributed by atoms with Crippen molar-refractivity contribution in [2.75, 3.05) is 26.2 Å². The lowest BCUT2D eigenvalue weighted by molar-refractivity contribution is 0.273. The van der Waals surface area contributed by atoms with Crippen LogP contribution in [-0.2, 0) is 0 Å². The molecule has 1 atom stereocenters. The van der Waals surface area contributed by atoms with Crippen molar-refractivity contribution in [3.8, 4) is 5.75 Å². The van der Waals surface area contributed by atoms with Crippen molar-refractivity contribution in [2.45, 2.75) is 19.4 Å². The molecule has 0 amide bonds. The normalized spacial score (nSPS) is 18.4. The number of hydrogen-bond donors (Lipinski definition) is 2. The summed E-state index contributed by atoms with van der Waals surface area (Å²) in [5.41, 5.74) is 1.27. The van der Waals surface area contributed by atoms with Crippen LogP contribution in [0.5, 0.6) is 5.75 Å². The highest BCUT2D eigenvalue weighted by Gasteiger charge is 2.11. The van der Waals surface area contributed by atoms with E-state index in [0.717, 1.165) is 38.4 Å². The predicted octanol–water partition coefficient (Wildman–Crippen LogP) is 2.17. The van der Waals surface area contributed by atoms with Gasteiger partial charge in [-0.3, -0.25) is 0 Å². The Hall–Kier alpha value is -0.480. The Morgan fingerprint density at radius 1 is 1.17 bits per heavy atom. The molecule has 1 unspecified atom stereocenters. The molecule has 1 aliphatic rings. The van der Waals surface area contributed by atoms with Gasteiger partial charge in [0.15, 0.2) is 0 Å². The Labute approximate surface area is 121 Å². The molecule has 3 nitrogen and oxygen atoms in total. The summed E-state index contributed by atoms with van der Waals surface area (Å²) in [6.45, 7) is 6.06. The summed E-state index contributed by atoms with van der Waals surface area (Å²) in [6.07, 6.45) is 1.06. The summed E-state index contributed by atoms with van der Waals surface area (Å²) in [5, 5.41) is 6.84. The van der Waals surface area contributed by atoms with Gasteiger partial charge < -0.3 is 15.4 Å². The summed E-state index contributed by atoms with van der Waals surface area (Å²) in [5.74, 6) is 0.967. The highest BCUT2D eigenvalue weighted by Crippen LogP contribution is 2.11. The molecule has 18 heavy (non-hydrogen) atoms. The lowest BCUT2D eigenvalue weighted by atomic mass is 10.2. The highest BCUT2D eigenvalue weighted by molar-refractivity contribution is 5.85. The maximum absolute atomic E-state index is 5.70. The minimum absolute atomic E-state index is 0. The fraction of sp³-hybridized carbons (Fsp3) is 0.538. The first-order valence-electron chi connectivity index (χ1n) is 5.98. The molecule has 1 saturated heterocycles. The molecular formula is C13H22Cl2N2O. The van der Waals surface area contributed by atoms with E-state index in [0.29, 0.717) is 6.04 Å². The van der Waals surface area contributed by atoms with Crippen molar-refractivity contribution in [2.24, 2.45) is 0 Å². The van der Waals surface area contributed by atoms with Crippen molar-refractivity contribution in [3.63, 3.8) is 0 Å². The van der Waals surface area contributed by atoms with E-state index in [-0.39, 0.29) is 24.8 Å². The standard InChI is InChI=1S/C13H20N2O.2ClH/c1-11-2-4-13(5-3-11)16-9-6-12-10-14-7-8-15-12;;/h2-5,12,14-15H,6-10H2,1H3;2*1H. The third-order valence-corrected chi connectivity index (χ3v) is 2.88. The molecule has 0 radical (unpaired) electrons. The van der Waals surface area contributed by atoms with E-state index < -0.39 is 0 Å². The van der Waals surface area contributed by atoms with Crippen LogP contribution >= 0.6 is 24.8 Å². The van der Waals surface area contributed by atoms with Gasteiger partial charge in [-0.05, 0) is 25.5 Å². The first kappa shape index (κ1) is 17.5. The second-order valence-corrected chi connectivity index (χ2v) is 4.31. The van der Waals surface area contributed by atoms with Crippen LogP contribution in [0.1, 0.15) is 12.0 Å². The number of piperazine rings is 1. The van der Waals surface area contributed by atoms with Crippen LogP contribution < -0.4 is 15.4 Å². The maximum atomic E-state index is 5.70. The molecular weight excluding hydrogens is 271 g/mol. The van der Waals surface area contributed by atoms with E-state index in [1.807, 2.05) is 12.1 Å². The van der Waals surface area contributed by atoms with E-state index in [9.17, 15) is 0 Å². The van der Waals surface area contributed by atoms with Crippen LogP contribution in [0.2, 0.25) is 0 Å². The van der Waals surface area contributed by atoms with Crippen molar-refractivity contribution in [1.29, 1.82) is 0 Å². The molecule has 1 fully saturated rings. The van der Waals surface area contributed by atoms with Gasteiger partial charge >= 0.3 is 0 Å². The SMILES string of the molecule is Cc1ccc(OCCC2CNCCN2)cc1.Cl.Cl. The number of halogens is 2. The highest BCUT2D eigenvalue weighted by atomic mass is 35.5. The first-order chi connectivity index (χ1) is 7.84. The molecule has 0 spiro atoms. The molecule has 1 aromatic carbocycles. The molecule has 2 rings (SSSR count). The zero-order valence-electron chi connectivity index (χ0n) is 10.6. The van der Waals surface area contributed by atoms with Gasteiger partial charge in [0.2, 0.25) is 0 Å². The summed E-state index contributed by atoms with van der Waals surface area (Å²) in [4.78, 5) is 0. The van der Waals surface area contributed by atoms with Crippen LogP contribution in [0.15, 0.2) is 24.3 Å². The lowest BCUT2D eigenvalue weighted by Gasteiger charge is -2.24. The molecule has 0 aliphatic carbocycles. The average Bonchev–Trinajstić information content (AvgIpc) is 2.33. The molecule has 5 heteroatoms. The molecule has 1 aromatic rings. The van der Waals surface area contributed by atoms with E-state index in [4.69, 9.17) is 4.74 Å². The average molecular weight is 293 g/mol. The van der Waals surface area contributed by atoms with Gasteiger partial charge in [0.25, 0.3) is 0 Å². The second-order valence-electron chi connectivity index (χ2n) is 4.31. The van der Waals surface area contributed by atoms with E-state index in [1.54, 1.807) is 0 Å². The monoisotopic (exact) mass is 292 g/mol. The van der Waals surface area contributed by atoms with Crippen LogP contribution in [-0.4, -0.2) is 32.3 Å². The molecule has 0 bridgehead atoms. The fourth-order valence-corrected chi connectivity index (χ4v) is 1.87. The zero-order chi connectivity index (χ0) is 11.2. The summed E-state index contributed by atoms with van der Waals surface area (Å²) in [6, 6.07) is 8.77. The zero-order valence-corrected chi connectivity index (χ0v) is 12.3. The Kier molecular flexibility index (Phi) is 9.20. The Morgan fingerprint density at radius 3 is 2.50 bits per heavy atom. The van der Waals surface area contributed by atoms with E-state index >= 15 is 0 Å². The van der Waals surface area contributed by atoms with Gasteiger partial charge in [-0.25, -0.2) is 0 Å². The molecule has 1 aliphatic heterocycles. The largest absolute Gasteiger partial charge is 0.494 e. The van der Waals surface area contributed by atoms with Gasteiger partial charge in [0, 0.05) is 25.7 Å². The van der Waals surface area contributed by atoms with E-state index in [1.165, 1.54) is 5.56 Å². The minimum atomic E-state index is 0. The fourth-order valence-electron chi connectivity index (χ4n) is 1.87. The Morgan fingerprint density at radius 2 is 1.89 bits per heavy atom. The number of rotatable bonds is 4. The van der Waals surface area contributed by atoms with Crippen LogP contribution in [0.4, 0.5) is 0 Å². The molecule has 0 aromatic heterocycles. The minimum Gasteiger partial charge on any atom is -0.494 e. The third kappa shape index (κ3) is 5.91. The van der Waals surface area contributed by atoms with Gasteiger partial charge in [-0.2, -0.15) is 0 Å². The smallest absolute Gasteiger partial charge is 0.119 e. The van der Waals surface area contributed by atoms with Gasteiger partial charge in [-0.15, -0.1) is 24.8 Å². The van der Waals surface area contributed by atoms with Crippen molar-refractivity contribution in [1.82, 2.24) is 10.6 Å². The number of hydrogen-bond acceptors (Lipinski definition) is 3. The maximum Gasteiger partial charge on any atom is 0.119 e. The summed E-state index contributed by atoms with van der Waals surface area (Å²) >= 11 is 0. The second kappa shape index (κ2) is 9.45. The summed E-state index contributed by atoms with van der Waals surface area (Å²) < 4.78 is 5.70. The lowest BCUT2D eigenvalue weighted by Crippen LogP contribution is -2.48. The quantitative estimate of drug-likeness (QED) is 0.892. The third-order valence-electron chi connectivity index (χ3n) is 2.88. The van der Waals surface area contributed by atoms with Crippen molar-refractivity contribution in [3.05, 3.63) is 29.8 Å². The van der Waals surface area contributed by atoms with Crippen molar-refractivity contribution < 1.29 is 4.74 Å². The first-order valence-corrected chi connectivity index (χ1v) is 5.98. The summed E-state index contributed by atoms with van der Waals surface area (Å²) in [7, 11) is 0. The van der Waals surface area contributed by atoms with E-state index in [2.05, 4.69) is 29.7 Å².